The Morgan fingerprint density at radius 3 is 2.18 bits per heavy atom. The van der Waals surface area contributed by atoms with E-state index in [0.717, 1.165) is 37.7 Å². The molecule has 3 nitrogen and oxygen atoms in total. The average molecular weight is 647 g/mol. The molecule has 0 amide bonds. The second-order valence-electron chi connectivity index (χ2n) is 12.0. The molecule has 2 heterocycles. The molecule has 0 bridgehead atoms. The number of rotatable bonds is 2. The summed E-state index contributed by atoms with van der Waals surface area (Å²) in [6.45, 7) is 8.69. The van der Waals surface area contributed by atoms with Gasteiger partial charge in [-0.15, -0.1) is 0 Å². The predicted octanol–water partition coefficient (Wildman–Crippen LogP) is 11.6. The predicted molar refractivity (Wildman–Crippen MR) is 193 cm³/mol. The van der Waals surface area contributed by atoms with Gasteiger partial charge in [0.2, 0.25) is 5.95 Å². The van der Waals surface area contributed by atoms with Crippen LogP contribution >= 0.6 is 15.9 Å². The fourth-order valence-corrected chi connectivity index (χ4v) is 7.65. The van der Waals surface area contributed by atoms with Crippen LogP contribution in [0.25, 0.3) is 71.8 Å². The van der Waals surface area contributed by atoms with E-state index >= 15 is 0 Å². The van der Waals surface area contributed by atoms with Gasteiger partial charge in [0, 0.05) is 31.6 Å². The Balaban J connectivity index is 0.00000147. The number of benzene rings is 6. The van der Waals surface area contributed by atoms with Crippen molar-refractivity contribution in [2.75, 3.05) is 0 Å². The lowest BCUT2D eigenvalue weighted by Gasteiger charge is -2.21. The summed E-state index contributed by atoms with van der Waals surface area (Å²) in [5.74, 6) is 0.674. The molecule has 218 valence electrons. The van der Waals surface area contributed by atoms with E-state index in [2.05, 4.69) is 144 Å². The maximum Gasteiger partial charge on any atom is 0.235 e. The highest BCUT2D eigenvalue weighted by molar-refractivity contribution is 9.10. The van der Waals surface area contributed by atoms with E-state index in [0.29, 0.717) is 5.95 Å². The van der Waals surface area contributed by atoms with Crippen LogP contribution in [0.1, 0.15) is 38.8 Å². The molecule has 1 aliphatic carbocycles. The molecule has 0 saturated carbocycles. The summed E-state index contributed by atoms with van der Waals surface area (Å²) in [5, 5.41) is 5.99. The van der Waals surface area contributed by atoms with Crippen molar-refractivity contribution in [2.45, 2.75) is 33.1 Å². The fourth-order valence-electron chi connectivity index (χ4n) is 7.29. The van der Waals surface area contributed by atoms with Crippen LogP contribution in [0.2, 0.25) is 0 Å². The maximum atomic E-state index is 5.29. The maximum absolute atomic E-state index is 5.29. The van der Waals surface area contributed by atoms with Gasteiger partial charge in [-0.05, 0) is 63.4 Å². The van der Waals surface area contributed by atoms with Crippen LogP contribution in [0, 0.1) is 0 Å². The molecule has 0 fully saturated rings. The van der Waals surface area contributed by atoms with Crippen molar-refractivity contribution in [1.82, 2.24) is 14.5 Å². The lowest BCUT2D eigenvalue weighted by molar-refractivity contribution is 0.661. The molecule has 0 aliphatic heterocycles. The number of halogens is 1. The Labute approximate surface area is 271 Å². The van der Waals surface area contributed by atoms with E-state index in [4.69, 9.17) is 9.97 Å². The summed E-state index contributed by atoms with van der Waals surface area (Å²) in [4.78, 5) is 10.5. The van der Waals surface area contributed by atoms with Crippen LogP contribution in [-0.2, 0) is 5.41 Å². The Morgan fingerprint density at radius 1 is 0.622 bits per heavy atom. The Kier molecular flexibility index (Phi) is 6.40. The highest BCUT2D eigenvalue weighted by atomic mass is 79.9. The first-order chi connectivity index (χ1) is 22.0. The van der Waals surface area contributed by atoms with E-state index in [9.17, 15) is 0 Å². The van der Waals surface area contributed by atoms with E-state index in [-0.39, 0.29) is 5.41 Å². The Bertz CT molecular complexity index is 2440. The number of nitrogens with zero attached hydrogens (tertiary/aromatic N) is 3. The SMILES string of the molecule is CC.CC1(C)c2ccccc2-c2c1ccc1ccc3c(c4cc(Br)ccc4n3-c3nc(-c4ccccc4)c4ccccc4n3)c21. The average Bonchev–Trinajstić information content (AvgIpc) is 3.54. The zero-order chi connectivity index (χ0) is 30.9. The van der Waals surface area contributed by atoms with Gasteiger partial charge in [-0.25, -0.2) is 9.97 Å². The van der Waals surface area contributed by atoms with Crippen LogP contribution < -0.4 is 0 Å². The van der Waals surface area contributed by atoms with Gasteiger partial charge in [0.05, 0.1) is 22.2 Å². The highest BCUT2D eigenvalue weighted by Crippen LogP contribution is 2.53. The quantitative estimate of drug-likeness (QED) is 0.187. The third-order valence-corrected chi connectivity index (χ3v) is 9.75. The molecule has 0 radical (unpaired) electrons. The molecular formula is C41H32BrN3. The van der Waals surface area contributed by atoms with E-state index in [1.807, 2.05) is 26.0 Å². The minimum absolute atomic E-state index is 0.0761. The summed E-state index contributed by atoms with van der Waals surface area (Å²) in [5.41, 5.74) is 10.5. The van der Waals surface area contributed by atoms with Crippen molar-refractivity contribution >= 4 is 59.4 Å². The summed E-state index contributed by atoms with van der Waals surface area (Å²) in [6.07, 6.45) is 0. The van der Waals surface area contributed by atoms with Gasteiger partial charge in [-0.2, -0.15) is 0 Å². The second kappa shape index (κ2) is 10.4. The smallest absolute Gasteiger partial charge is 0.235 e. The van der Waals surface area contributed by atoms with Crippen LogP contribution in [-0.4, -0.2) is 14.5 Å². The van der Waals surface area contributed by atoms with Crippen molar-refractivity contribution in [3.63, 3.8) is 0 Å². The number of para-hydroxylation sites is 1. The van der Waals surface area contributed by atoms with E-state index < -0.39 is 0 Å². The van der Waals surface area contributed by atoms with Crippen molar-refractivity contribution in [3.8, 4) is 28.3 Å². The molecule has 0 saturated heterocycles. The van der Waals surface area contributed by atoms with Crippen molar-refractivity contribution in [3.05, 3.63) is 137 Å². The molecule has 4 heteroatoms. The molecular weight excluding hydrogens is 614 g/mol. The molecule has 45 heavy (non-hydrogen) atoms. The number of aromatic nitrogens is 3. The molecule has 0 unspecified atom stereocenters. The molecule has 8 aromatic rings. The summed E-state index contributed by atoms with van der Waals surface area (Å²) < 4.78 is 3.30. The largest absolute Gasteiger partial charge is 0.278 e. The van der Waals surface area contributed by atoms with Gasteiger partial charge in [-0.3, -0.25) is 4.57 Å². The van der Waals surface area contributed by atoms with Gasteiger partial charge in [0.1, 0.15) is 0 Å². The van der Waals surface area contributed by atoms with Crippen molar-refractivity contribution in [1.29, 1.82) is 0 Å². The minimum atomic E-state index is -0.0761. The van der Waals surface area contributed by atoms with Crippen LogP contribution in [0.5, 0.6) is 0 Å². The van der Waals surface area contributed by atoms with Gasteiger partial charge in [-0.1, -0.05) is 135 Å². The van der Waals surface area contributed by atoms with Crippen LogP contribution in [0.3, 0.4) is 0 Å². The highest BCUT2D eigenvalue weighted by Gasteiger charge is 2.36. The molecule has 9 rings (SSSR count). The third-order valence-electron chi connectivity index (χ3n) is 9.26. The first-order valence-corrected chi connectivity index (χ1v) is 16.4. The summed E-state index contributed by atoms with van der Waals surface area (Å²) >= 11 is 3.79. The lowest BCUT2D eigenvalue weighted by Crippen LogP contribution is -2.14. The van der Waals surface area contributed by atoms with Crippen molar-refractivity contribution in [2.24, 2.45) is 0 Å². The second-order valence-corrected chi connectivity index (χ2v) is 12.9. The topological polar surface area (TPSA) is 30.7 Å². The third kappa shape index (κ3) is 4.02. The zero-order valence-electron chi connectivity index (χ0n) is 25.8. The van der Waals surface area contributed by atoms with Gasteiger partial charge < -0.3 is 0 Å². The normalized spacial score (nSPS) is 13.2. The van der Waals surface area contributed by atoms with E-state index in [1.54, 1.807) is 0 Å². The summed E-state index contributed by atoms with van der Waals surface area (Å²) in [7, 11) is 0. The fraction of sp³-hybridized carbons (Fsp3) is 0.122. The zero-order valence-corrected chi connectivity index (χ0v) is 27.4. The number of hydrogen-bond acceptors (Lipinski definition) is 2. The lowest BCUT2D eigenvalue weighted by atomic mass is 9.82. The summed E-state index contributed by atoms with van der Waals surface area (Å²) in [6, 6.07) is 43.3. The standard InChI is InChI=1S/C39H26BrN3.C2H6/c1-39(2)29-14-8-6-12-26(29)35-30(39)19-16-23-17-20-33-36(34(23)35)28-22-25(40)18-21-32(28)43(33)38-41-31-15-9-7-13-27(31)37(42-38)24-10-4-3-5-11-24;1-2/h3-22H,1-2H3;1-2H3. The molecule has 6 aromatic carbocycles. The molecule has 0 N–H and O–H groups in total. The Hall–Kier alpha value is -4.80. The minimum Gasteiger partial charge on any atom is -0.278 e. The van der Waals surface area contributed by atoms with Gasteiger partial charge in [0.15, 0.2) is 0 Å². The molecule has 2 aromatic heterocycles. The van der Waals surface area contributed by atoms with E-state index in [1.165, 1.54) is 43.8 Å². The monoisotopic (exact) mass is 645 g/mol. The number of hydrogen-bond donors (Lipinski definition) is 0. The van der Waals surface area contributed by atoms with Gasteiger partial charge >= 0.3 is 0 Å². The van der Waals surface area contributed by atoms with Gasteiger partial charge in [0.25, 0.3) is 0 Å². The first-order valence-electron chi connectivity index (χ1n) is 15.6. The molecule has 1 aliphatic rings. The van der Waals surface area contributed by atoms with Crippen LogP contribution in [0.4, 0.5) is 0 Å². The van der Waals surface area contributed by atoms with Crippen LogP contribution in [0.15, 0.2) is 126 Å². The first kappa shape index (κ1) is 27.7. The van der Waals surface area contributed by atoms with Crippen molar-refractivity contribution < 1.29 is 0 Å². The Morgan fingerprint density at radius 2 is 1.33 bits per heavy atom. The number of fused-ring (bicyclic) bond motifs is 10. The molecule has 0 atom stereocenters. The molecule has 0 spiro atoms.